The Labute approximate surface area is 116 Å². The van der Waals surface area contributed by atoms with Crippen molar-refractivity contribution in [1.82, 2.24) is 5.32 Å². The van der Waals surface area contributed by atoms with Crippen LogP contribution in [-0.2, 0) is 4.79 Å². The zero-order valence-corrected chi connectivity index (χ0v) is 11.4. The van der Waals surface area contributed by atoms with Gasteiger partial charge in [-0.05, 0) is 12.0 Å². The number of carboxylic acids is 1. The number of carbonyl (C=O) groups is 2. The van der Waals surface area contributed by atoms with E-state index in [9.17, 15) is 9.59 Å². The van der Waals surface area contributed by atoms with E-state index in [1.54, 1.807) is 12.1 Å². The van der Waals surface area contributed by atoms with E-state index in [0.717, 1.165) is 5.39 Å². The van der Waals surface area contributed by atoms with E-state index < -0.39 is 11.9 Å². The van der Waals surface area contributed by atoms with E-state index >= 15 is 0 Å². The molecular formula is C15H17NO4. The Morgan fingerprint density at radius 1 is 1.30 bits per heavy atom. The van der Waals surface area contributed by atoms with E-state index in [4.69, 9.17) is 9.52 Å². The zero-order valence-electron chi connectivity index (χ0n) is 11.4. The summed E-state index contributed by atoms with van der Waals surface area (Å²) in [5.74, 6) is -1.87. The molecule has 0 spiro atoms. The van der Waals surface area contributed by atoms with Crippen molar-refractivity contribution >= 4 is 22.8 Å². The van der Waals surface area contributed by atoms with E-state index in [1.165, 1.54) is 6.26 Å². The summed E-state index contributed by atoms with van der Waals surface area (Å²) in [4.78, 5) is 23.2. The van der Waals surface area contributed by atoms with Gasteiger partial charge in [0.2, 0.25) is 0 Å². The van der Waals surface area contributed by atoms with Gasteiger partial charge in [0.15, 0.2) is 0 Å². The van der Waals surface area contributed by atoms with Gasteiger partial charge in [-0.25, -0.2) is 0 Å². The second kappa shape index (κ2) is 5.77. The van der Waals surface area contributed by atoms with Crippen molar-refractivity contribution in [2.45, 2.75) is 13.8 Å². The van der Waals surface area contributed by atoms with Crippen LogP contribution in [0.15, 0.2) is 34.9 Å². The summed E-state index contributed by atoms with van der Waals surface area (Å²) < 4.78 is 5.29. The quantitative estimate of drug-likeness (QED) is 0.878. The minimum absolute atomic E-state index is 0.0473. The van der Waals surface area contributed by atoms with Crippen molar-refractivity contribution in [2.24, 2.45) is 11.8 Å². The van der Waals surface area contributed by atoms with Crippen LogP contribution in [0.5, 0.6) is 0 Å². The molecule has 1 aromatic carbocycles. The maximum Gasteiger partial charge on any atom is 0.308 e. The van der Waals surface area contributed by atoms with Gasteiger partial charge >= 0.3 is 5.97 Å². The van der Waals surface area contributed by atoms with Gasteiger partial charge in [0.1, 0.15) is 11.8 Å². The van der Waals surface area contributed by atoms with Crippen LogP contribution in [0.25, 0.3) is 11.0 Å². The molecule has 0 aliphatic rings. The smallest absolute Gasteiger partial charge is 0.308 e. The Kier molecular flexibility index (Phi) is 4.08. The molecule has 0 aliphatic heterocycles. The van der Waals surface area contributed by atoms with Gasteiger partial charge in [0, 0.05) is 11.9 Å². The fraction of sp³-hybridized carbons (Fsp3) is 0.333. The lowest BCUT2D eigenvalue weighted by Gasteiger charge is -2.16. The SMILES string of the molecule is CC(C)C(CNC(=O)c1coc2ccccc12)C(=O)O. The molecule has 0 saturated carbocycles. The zero-order chi connectivity index (χ0) is 14.7. The highest BCUT2D eigenvalue weighted by Gasteiger charge is 2.23. The van der Waals surface area contributed by atoms with Crippen molar-refractivity contribution in [3.8, 4) is 0 Å². The number of para-hydroxylation sites is 1. The lowest BCUT2D eigenvalue weighted by atomic mass is 9.96. The van der Waals surface area contributed by atoms with Gasteiger partial charge < -0.3 is 14.8 Å². The Morgan fingerprint density at radius 3 is 2.65 bits per heavy atom. The highest BCUT2D eigenvalue weighted by molar-refractivity contribution is 6.05. The third-order valence-electron chi connectivity index (χ3n) is 3.33. The molecule has 1 heterocycles. The standard InChI is InChI=1S/C15H17NO4/c1-9(2)11(15(18)19)7-16-14(17)12-8-20-13-6-4-3-5-10(12)13/h3-6,8-9,11H,7H2,1-2H3,(H,16,17)(H,18,19). The number of aliphatic carboxylic acids is 1. The molecule has 0 fully saturated rings. The molecule has 2 aromatic rings. The molecule has 0 radical (unpaired) electrons. The molecule has 2 rings (SSSR count). The molecule has 0 saturated heterocycles. The summed E-state index contributed by atoms with van der Waals surface area (Å²) in [7, 11) is 0. The number of hydrogen-bond donors (Lipinski definition) is 2. The highest BCUT2D eigenvalue weighted by atomic mass is 16.4. The molecule has 0 bridgehead atoms. The summed E-state index contributed by atoms with van der Waals surface area (Å²) in [5, 5.41) is 12.5. The Morgan fingerprint density at radius 2 is 2.00 bits per heavy atom. The van der Waals surface area contributed by atoms with E-state index in [2.05, 4.69) is 5.32 Å². The summed E-state index contributed by atoms with van der Waals surface area (Å²) in [5.41, 5.74) is 1.06. The van der Waals surface area contributed by atoms with Gasteiger partial charge in [-0.3, -0.25) is 9.59 Å². The van der Waals surface area contributed by atoms with Crippen LogP contribution in [0.3, 0.4) is 0 Å². The van der Waals surface area contributed by atoms with Crippen molar-refractivity contribution < 1.29 is 19.1 Å². The predicted molar refractivity (Wildman–Crippen MR) is 74.5 cm³/mol. The molecule has 1 amide bonds. The molecule has 1 atom stereocenters. The van der Waals surface area contributed by atoms with E-state index in [0.29, 0.717) is 11.1 Å². The van der Waals surface area contributed by atoms with Crippen LogP contribution in [0, 0.1) is 11.8 Å². The largest absolute Gasteiger partial charge is 0.481 e. The summed E-state index contributed by atoms with van der Waals surface area (Å²) in [6, 6.07) is 7.22. The number of fused-ring (bicyclic) bond motifs is 1. The van der Waals surface area contributed by atoms with Crippen molar-refractivity contribution in [3.05, 3.63) is 36.1 Å². The Balaban J connectivity index is 2.11. The van der Waals surface area contributed by atoms with E-state index in [1.807, 2.05) is 26.0 Å². The number of furan rings is 1. The maximum absolute atomic E-state index is 12.1. The van der Waals surface area contributed by atoms with Crippen LogP contribution in [0.4, 0.5) is 0 Å². The molecule has 1 unspecified atom stereocenters. The Bertz CT molecular complexity index is 630. The fourth-order valence-electron chi connectivity index (χ4n) is 2.06. The number of carbonyl (C=O) groups excluding carboxylic acids is 1. The first-order chi connectivity index (χ1) is 9.50. The average Bonchev–Trinajstić information content (AvgIpc) is 2.81. The second-order valence-corrected chi connectivity index (χ2v) is 5.04. The first kappa shape index (κ1) is 14.1. The van der Waals surface area contributed by atoms with Gasteiger partial charge in [-0.15, -0.1) is 0 Å². The van der Waals surface area contributed by atoms with Crippen molar-refractivity contribution in [3.63, 3.8) is 0 Å². The van der Waals surface area contributed by atoms with Gasteiger partial charge in [-0.2, -0.15) is 0 Å². The normalized spacial score (nSPS) is 12.6. The maximum atomic E-state index is 12.1. The molecule has 0 aliphatic carbocycles. The van der Waals surface area contributed by atoms with E-state index in [-0.39, 0.29) is 18.4 Å². The Hall–Kier alpha value is -2.30. The lowest BCUT2D eigenvalue weighted by molar-refractivity contribution is -0.142. The van der Waals surface area contributed by atoms with Crippen LogP contribution in [0.2, 0.25) is 0 Å². The van der Waals surface area contributed by atoms with Crippen molar-refractivity contribution in [1.29, 1.82) is 0 Å². The second-order valence-electron chi connectivity index (χ2n) is 5.04. The molecule has 20 heavy (non-hydrogen) atoms. The number of benzene rings is 1. The number of nitrogens with one attached hydrogen (secondary N) is 1. The fourth-order valence-corrected chi connectivity index (χ4v) is 2.06. The summed E-state index contributed by atoms with van der Waals surface area (Å²) in [6.07, 6.45) is 1.39. The number of rotatable bonds is 5. The monoisotopic (exact) mass is 275 g/mol. The molecule has 106 valence electrons. The number of hydrogen-bond acceptors (Lipinski definition) is 3. The van der Waals surface area contributed by atoms with Gasteiger partial charge in [-0.1, -0.05) is 32.0 Å². The predicted octanol–water partition coefficient (Wildman–Crippen LogP) is 2.52. The summed E-state index contributed by atoms with van der Waals surface area (Å²) in [6.45, 7) is 3.74. The first-order valence-corrected chi connectivity index (χ1v) is 6.48. The topological polar surface area (TPSA) is 79.5 Å². The van der Waals surface area contributed by atoms with Crippen LogP contribution >= 0.6 is 0 Å². The molecule has 5 heteroatoms. The number of carboxylic acid groups (broad SMARTS) is 1. The molecule has 1 aromatic heterocycles. The van der Waals surface area contributed by atoms with Crippen molar-refractivity contribution in [2.75, 3.05) is 6.54 Å². The highest BCUT2D eigenvalue weighted by Crippen LogP contribution is 2.20. The average molecular weight is 275 g/mol. The molecule has 5 nitrogen and oxygen atoms in total. The third-order valence-corrected chi connectivity index (χ3v) is 3.33. The van der Waals surface area contributed by atoms with Gasteiger partial charge in [0.05, 0.1) is 11.5 Å². The molecule has 2 N–H and O–H groups in total. The van der Waals surface area contributed by atoms with Crippen LogP contribution in [-0.4, -0.2) is 23.5 Å². The minimum Gasteiger partial charge on any atom is -0.481 e. The summed E-state index contributed by atoms with van der Waals surface area (Å²) >= 11 is 0. The third kappa shape index (κ3) is 2.82. The number of amides is 1. The van der Waals surface area contributed by atoms with Crippen LogP contribution < -0.4 is 5.32 Å². The van der Waals surface area contributed by atoms with Crippen LogP contribution in [0.1, 0.15) is 24.2 Å². The lowest BCUT2D eigenvalue weighted by Crippen LogP contribution is -2.35. The first-order valence-electron chi connectivity index (χ1n) is 6.48. The van der Waals surface area contributed by atoms with Gasteiger partial charge in [0.25, 0.3) is 5.91 Å². The molecular weight excluding hydrogens is 258 g/mol. The minimum atomic E-state index is -0.905.